The lowest BCUT2D eigenvalue weighted by Gasteiger charge is -2.35. The monoisotopic (exact) mass is 297 g/mol. The van der Waals surface area contributed by atoms with Gasteiger partial charge in [-0.3, -0.25) is 4.90 Å². The van der Waals surface area contributed by atoms with Gasteiger partial charge in [-0.25, -0.2) is 0 Å². The molecule has 1 fully saturated rings. The molecule has 1 aromatic heterocycles. The molecule has 0 aliphatic carbocycles. The molecule has 0 atom stereocenters. The van der Waals surface area contributed by atoms with Gasteiger partial charge in [0, 0.05) is 46.8 Å². The van der Waals surface area contributed by atoms with Gasteiger partial charge in [-0.05, 0) is 17.7 Å². The van der Waals surface area contributed by atoms with Crippen LogP contribution in [0.1, 0.15) is 5.56 Å². The maximum Gasteiger partial charge on any atom is 0.151 e. The van der Waals surface area contributed by atoms with Crippen molar-refractivity contribution in [1.82, 2.24) is 15.1 Å². The van der Waals surface area contributed by atoms with Crippen LogP contribution < -0.4 is 9.80 Å². The van der Waals surface area contributed by atoms with E-state index in [1.54, 1.807) is 0 Å². The standard InChI is InChI=1S/C17H23N5/c1-20(2)16-8-9-17(19-18-16)22-12-10-21(11-13-22)14-15-6-4-3-5-7-15/h3-9H,10-14H2,1-2H3. The first-order valence-electron chi connectivity index (χ1n) is 7.74. The Balaban J connectivity index is 1.55. The maximum atomic E-state index is 4.35. The van der Waals surface area contributed by atoms with Crippen molar-refractivity contribution < 1.29 is 0 Å². The molecule has 1 saturated heterocycles. The average molecular weight is 297 g/mol. The molecule has 5 heteroatoms. The van der Waals surface area contributed by atoms with Gasteiger partial charge in [0.05, 0.1) is 0 Å². The summed E-state index contributed by atoms with van der Waals surface area (Å²) in [7, 11) is 3.96. The summed E-state index contributed by atoms with van der Waals surface area (Å²) in [4.78, 5) is 6.77. The zero-order valence-electron chi connectivity index (χ0n) is 13.3. The Kier molecular flexibility index (Phi) is 4.53. The van der Waals surface area contributed by atoms with Crippen molar-refractivity contribution in [3.63, 3.8) is 0 Å². The quantitative estimate of drug-likeness (QED) is 0.861. The van der Waals surface area contributed by atoms with E-state index in [2.05, 4.69) is 56.4 Å². The smallest absolute Gasteiger partial charge is 0.151 e. The van der Waals surface area contributed by atoms with Crippen molar-refractivity contribution in [2.45, 2.75) is 6.54 Å². The third kappa shape index (κ3) is 3.54. The fourth-order valence-electron chi connectivity index (χ4n) is 2.70. The van der Waals surface area contributed by atoms with E-state index >= 15 is 0 Å². The highest BCUT2D eigenvalue weighted by Crippen LogP contribution is 2.16. The molecule has 2 aromatic rings. The van der Waals surface area contributed by atoms with Crippen LogP contribution in [-0.2, 0) is 6.54 Å². The summed E-state index contributed by atoms with van der Waals surface area (Å²) in [5.74, 6) is 1.87. The minimum absolute atomic E-state index is 0.895. The lowest BCUT2D eigenvalue weighted by atomic mass is 10.2. The highest BCUT2D eigenvalue weighted by molar-refractivity contribution is 5.44. The summed E-state index contributed by atoms with van der Waals surface area (Å²) >= 11 is 0. The first-order chi connectivity index (χ1) is 10.7. The molecule has 2 heterocycles. The maximum absolute atomic E-state index is 4.35. The molecule has 0 N–H and O–H groups in total. The van der Waals surface area contributed by atoms with Crippen molar-refractivity contribution in [3.05, 3.63) is 48.0 Å². The first kappa shape index (κ1) is 14.8. The first-order valence-corrected chi connectivity index (χ1v) is 7.74. The van der Waals surface area contributed by atoms with E-state index in [9.17, 15) is 0 Å². The van der Waals surface area contributed by atoms with Crippen molar-refractivity contribution in [2.75, 3.05) is 50.1 Å². The molecule has 1 aromatic carbocycles. The Labute approximate surface area is 132 Å². The van der Waals surface area contributed by atoms with E-state index in [4.69, 9.17) is 0 Å². The van der Waals surface area contributed by atoms with Gasteiger partial charge in [0.1, 0.15) is 0 Å². The van der Waals surface area contributed by atoms with Gasteiger partial charge < -0.3 is 9.80 Å². The molecule has 0 unspecified atom stereocenters. The summed E-state index contributed by atoms with van der Waals surface area (Å²) in [6.07, 6.45) is 0. The van der Waals surface area contributed by atoms with Crippen LogP contribution in [0.3, 0.4) is 0 Å². The van der Waals surface area contributed by atoms with Gasteiger partial charge in [-0.15, -0.1) is 10.2 Å². The lowest BCUT2D eigenvalue weighted by molar-refractivity contribution is 0.249. The number of anilines is 2. The number of aromatic nitrogens is 2. The van der Waals surface area contributed by atoms with E-state index < -0.39 is 0 Å². The van der Waals surface area contributed by atoms with Crippen LogP contribution in [0, 0.1) is 0 Å². The van der Waals surface area contributed by atoms with E-state index in [1.807, 2.05) is 25.1 Å². The Morgan fingerprint density at radius 2 is 1.64 bits per heavy atom. The second kappa shape index (κ2) is 6.75. The Morgan fingerprint density at radius 1 is 0.909 bits per heavy atom. The Bertz CT molecular complexity index is 574. The fourth-order valence-corrected chi connectivity index (χ4v) is 2.70. The lowest BCUT2D eigenvalue weighted by Crippen LogP contribution is -2.46. The van der Waals surface area contributed by atoms with Crippen molar-refractivity contribution >= 4 is 11.6 Å². The SMILES string of the molecule is CN(C)c1ccc(N2CCN(Cc3ccccc3)CC2)nn1. The van der Waals surface area contributed by atoms with Crippen LogP contribution in [0.15, 0.2) is 42.5 Å². The molecular weight excluding hydrogens is 274 g/mol. The van der Waals surface area contributed by atoms with Crippen LogP contribution in [0.2, 0.25) is 0 Å². The molecular formula is C17H23N5. The van der Waals surface area contributed by atoms with Gasteiger partial charge in [0.25, 0.3) is 0 Å². The predicted molar refractivity (Wildman–Crippen MR) is 90.3 cm³/mol. The summed E-state index contributed by atoms with van der Waals surface area (Å²) in [5, 5.41) is 8.61. The van der Waals surface area contributed by atoms with Crippen LogP contribution >= 0.6 is 0 Å². The molecule has 3 rings (SSSR count). The highest BCUT2D eigenvalue weighted by atomic mass is 15.3. The molecule has 0 radical (unpaired) electrons. The average Bonchev–Trinajstić information content (AvgIpc) is 2.57. The number of benzene rings is 1. The van der Waals surface area contributed by atoms with E-state index in [0.717, 1.165) is 44.4 Å². The Hall–Kier alpha value is -2.14. The van der Waals surface area contributed by atoms with E-state index in [1.165, 1.54) is 5.56 Å². The summed E-state index contributed by atoms with van der Waals surface area (Å²) in [6, 6.07) is 14.8. The summed E-state index contributed by atoms with van der Waals surface area (Å²) < 4.78 is 0. The number of hydrogen-bond acceptors (Lipinski definition) is 5. The molecule has 0 bridgehead atoms. The van der Waals surface area contributed by atoms with Crippen LogP contribution in [-0.4, -0.2) is 55.4 Å². The molecule has 22 heavy (non-hydrogen) atoms. The number of rotatable bonds is 4. The van der Waals surface area contributed by atoms with Crippen LogP contribution in [0.5, 0.6) is 0 Å². The van der Waals surface area contributed by atoms with Crippen molar-refractivity contribution in [1.29, 1.82) is 0 Å². The number of hydrogen-bond donors (Lipinski definition) is 0. The molecule has 116 valence electrons. The highest BCUT2D eigenvalue weighted by Gasteiger charge is 2.18. The van der Waals surface area contributed by atoms with Gasteiger partial charge in [0.2, 0.25) is 0 Å². The normalized spacial score (nSPS) is 15.8. The third-order valence-corrected chi connectivity index (χ3v) is 4.04. The largest absolute Gasteiger partial charge is 0.361 e. The topological polar surface area (TPSA) is 35.5 Å². The third-order valence-electron chi connectivity index (χ3n) is 4.04. The van der Waals surface area contributed by atoms with E-state index in [-0.39, 0.29) is 0 Å². The molecule has 5 nitrogen and oxygen atoms in total. The Morgan fingerprint density at radius 3 is 2.23 bits per heavy atom. The van der Waals surface area contributed by atoms with Crippen LogP contribution in [0.25, 0.3) is 0 Å². The zero-order valence-corrected chi connectivity index (χ0v) is 13.3. The van der Waals surface area contributed by atoms with E-state index in [0.29, 0.717) is 0 Å². The van der Waals surface area contributed by atoms with Gasteiger partial charge in [-0.2, -0.15) is 0 Å². The van der Waals surface area contributed by atoms with Crippen molar-refractivity contribution in [2.24, 2.45) is 0 Å². The molecule has 0 saturated carbocycles. The number of nitrogens with zero attached hydrogens (tertiary/aromatic N) is 5. The summed E-state index contributed by atoms with van der Waals surface area (Å²) in [5.41, 5.74) is 1.38. The van der Waals surface area contributed by atoms with Gasteiger partial charge in [0.15, 0.2) is 11.6 Å². The van der Waals surface area contributed by atoms with Gasteiger partial charge in [-0.1, -0.05) is 30.3 Å². The minimum atomic E-state index is 0.895. The molecule has 1 aliphatic heterocycles. The van der Waals surface area contributed by atoms with Gasteiger partial charge >= 0.3 is 0 Å². The molecule has 1 aliphatic rings. The van der Waals surface area contributed by atoms with Crippen molar-refractivity contribution in [3.8, 4) is 0 Å². The second-order valence-electron chi connectivity index (χ2n) is 5.89. The number of piperazine rings is 1. The fraction of sp³-hybridized carbons (Fsp3) is 0.412. The second-order valence-corrected chi connectivity index (χ2v) is 5.89. The van der Waals surface area contributed by atoms with Crippen LogP contribution in [0.4, 0.5) is 11.6 Å². The predicted octanol–water partition coefficient (Wildman–Crippen LogP) is 1.86. The molecule has 0 amide bonds. The molecule has 0 spiro atoms. The minimum Gasteiger partial charge on any atom is -0.361 e. The summed E-state index contributed by atoms with van der Waals surface area (Å²) in [6.45, 7) is 5.16. The zero-order chi connectivity index (χ0) is 15.4.